The molecule has 28 heavy (non-hydrogen) atoms. The molecule has 1 aromatic carbocycles. The van der Waals surface area contributed by atoms with Gasteiger partial charge in [-0.05, 0) is 47.6 Å². The van der Waals surface area contributed by atoms with E-state index in [1.165, 1.54) is 18.5 Å². The minimum Gasteiger partial charge on any atom is -0.492 e. The Bertz CT molecular complexity index is 1210. The third kappa shape index (κ3) is 3.30. The van der Waals surface area contributed by atoms with Gasteiger partial charge in [-0.25, -0.2) is 0 Å². The lowest BCUT2D eigenvalue weighted by molar-refractivity contribution is -0.109. The number of carbonyl (C=O) groups is 2. The fraction of sp³-hybridized carbons (Fsp3) is 0. The molecule has 0 aliphatic heterocycles. The van der Waals surface area contributed by atoms with Gasteiger partial charge < -0.3 is 5.11 Å². The maximum absolute atomic E-state index is 12.4. The summed E-state index contributed by atoms with van der Waals surface area (Å²) in [5.41, 5.74) is 5.09. The zero-order chi connectivity index (χ0) is 19.7. The summed E-state index contributed by atoms with van der Waals surface area (Å²) in [6.45, 7) is 0. The van der Waals surface area contributed by atoms with Gasteiger partial charge in [0.25, 0.3) is 5.91 Å². The molecular formula is C20H13N3O3S2. The Morgan fingerprint density at radius 2 is 1.93 bits per heavy atom. The zero-order valence-electron chi connectivity index (χ0n) is 14.3. The largest absolute Gasteiger partial charge is 0.492 e. The summed E-state index contributed by atoms with van der Waals surface area (Å²) < 4.78 is 1.38. The lowest BCUT2D eigenvalue weighted by Crippen LogP contribution is -2.22. The molecule has 0 unspecified atom stereocenters. The highest BCUT2D eigenvalue weighted by Crippen LogP contribution is 2.33. The molecule has 1 aliphatic carbocycles. The van der Waals surface area contributed by atoms with Crippen LogP contribution < -0.4 is 5.43 Å². The number of aromatic hydroxyl groups is 1. The van der Waals surface area contributed by atoms with Crippen molar-refractivity contribution in [2.75, 3.05) is 5.43 Å². The number of rotatable bonds is 3. The molecule has 0 bridgehead atoms. The number of pyridine rings is 1. The fourth-order valence-corrected chi connectivity index (χ4v) is 3.97. The van der Waals surface area contributed by atoms with Crippen LogP contribution in [0.3, 0.4) is 0 Å². The fourth-order valence-electron chi connectivity index (χ4n) is 2.80. The van der Waals surface area contributed by atoms with Crippen LogP contribution in [0.4, 0.5) is 0 Å². The summed E-state index contributed by atoms with van der Waals surface area (Å²) in [4.78, 5) is 29.0. The van der Waals surface area contributed by atoms with E-state index >= 15 is 0 Å². The van der Waals surface area contributed by atoms with Gasteiger partial charge in [0.2, 0.25) is 5.88 Å². The first-order chi connectivity index (χ1) is 13.5. The van der Waals surface area contributed by atoms with Crippen molar-refractivity contribution in [1.82, 2.24) is 9.66 Å². The molecule has 138 valence electrons. The Morgan fingerprint density at radius 1 is 1.18 bits per heavy atom. The van der Waals surface area contributed by atoms with Gasteiger partial charge in [0.05, 0.1) is 4.88 Å². The Kier molecular flexibility index (Phi) is 4.72. The normalized spacial score (nSPS) is 14.1. The van der Waals surface area contributed by atoms with Crippen LogP contribution in [0.5, 0.6) is 5.88 Å². The molecule has 4 rings (SSSR count). The van der Waals surface area contributed by atoms with E-state index in [-0.39, 0.29) is 15.6 Å². The van der Waals surface area contributed by atoms with Crippen molar-refractivity contribution in [2.24, 2.45) is 0 Å². The number of fused-ring (bicyclic) bond motifs is 1. The van der Waals surface area contributed by atoms with E-state index in [2.05, 4.69) is 10.4 Å². The Labute approximate surface area is 169 Å². The van der Waals surface area contributed by atoms with Gasteiger partial charge in [-0.15, -0.1) is 0 Å². The van der Waals surface area contributed by atoms with Crippen LogP contribution in [0.2, 0.25) is 0 Å². The molecule has 3 aromatic rings. The maximum atomic E-state index is 12.4. The van der Waals surface area contributed by atoms with Crippen molar-refractivity contribution in [3.8, 4) is 5.88 Å². The van der Waals surface area contributed by atoms with Crippen LogP contribution in [0, 0.1) is 3.95 Å². The number of aromatic nitrogens is 2. The SMILES string of the molecule is O=C1C=Cc2ccccc2C1=Cc1sc(=S)n(NC(=O)c2ccncc2)c1O. The Balaban J connectivity index is 1.71. The Morgan fingerprint density at radius 3 is 2.71 bits per heavy atom. The van der Waals surface area contributed by atoms with Crippen LogP contribution in [0.25, 0.3) is 17.7 Å². The van der Waals surface area contributed by atoms with Crippen LogP contribution in [0.15, 0.2) is 54.9 Å². The van der Waals surface area contributed by atoms with Crippen molar-refractivity contribution in [3.05, 3.63) is 80.4 Å². The van der Waals surface area contributed by atoms with Crippen LogP contribution in [-0.4, -0.2) is 26.5 Å². The molecule has 0 saturated heterocycles. The number of benzene rings is 1. The van der Waals surface area contributed by atoms with E-state index < -0.39 is 5.91 Å². The number of hydrogen-bond donors (Lipinski definition) is 2. The molecule has 8 heteroatoms. The highest BCUT2D eigenvalue weighted by atomic mass is 32.1. The second-order valence-electron chi connectivity index (χ2n) is 5.91. The molecule has 2 aromatic heterocycles. The molecule has 1 aliphatic rings. The average molecular weight is 407 g/mol. The van der Waals surface area contributed by atoms with E-state index in [0.29, 0.717) is 16.0 Å². The lowest BCUT2D eigenvalue weighted by atomic mass is 9.91. The molecule has 0 saturated carbocycles. The summed E-state index contributed by atoms with van der Waals surface area (Å²) in [5, 5.41) is 10.6. The monoisotopic (exact) mass is 407 g/mol. The van der Waals surface area contributed by atoms with Crippen LogP contribution in [0.1, 0.15) is 26.4 Å². The van der Waals surface area contributed by atoms with Crippen LogP contribution in [-0.2, 0) is 4.79 Å². The molecule has 0 spiro atoms. The van der Waals surface area contributed by atoms with Gasteiger partial charge >= 0.3 is 0 Å². The lowest BCUT2D eigenvalue weighted by Gasteiger charge is -2.12. The van der Waals surface area contributed by atoms with Gasteiger partial charge in [0, 0.05) is 23.5 Å². The van der Waals surface area contributed by atoms with E-state index in [1.54, 1.807) is 24.3 Å². The molecule has 6 nitrogen and oxygen atoms in total. The molecule has 2 N–H and O–H groups in total. The molecular weight excluding hydrogens is 394 g/mol. The van der Waals surface area contributed by atoms with E-state index in [1.807, 2.05) is 24.3 Å². The number of hydrogen-bond acceptors (Lipinski definition) is 6. The number of amides is 1. The Hall–Kier alpha value is -3.36. The summed E-state index contributed by atoms with van der Waals surface area (Å²) in [6, 6.07) is 10.6. The number of allylic oxidation sites excluding steroid dienone is 2. The molecule has 0 atom stereocenters. The predicted molar refractivity (Wildman–Crippen MR) is 111 cm³/mol. The number of nitrogens with one attached hydrogen (secondary N) is 1. The summed E-state index contributed by atoms with van der Waals surface area (Å²) in [5.74, 6) is -0.831. The summed E-state index contributed by atoms with van der Waals surface area (Å²) in [7, 11) is 0. The van der Waals surface area contributed by atoms with Gasteiger partial charge in [-0.3, -0.25) is 20.0 Å². The third-order valence-electron chi connectivity index (χ3n) is 4.17. The average Bonchev–Trinajstić information content (AvgIpc) is 2.98. The first kappa shape index (κ1) is 18.0. The summed E-state index contributed by atoms with van der Waals surface area (Å²) in [6.07, 6.45) is 7.84. The van der Waals surface area contributed by atoms with E-state index in [9.17, 15) is 14.7 Å². The van der Waals surface area contributed by atoms with Crippen molar-refractivity contribution >= 4 is 53.0 Å². The predicted octanol–water partition coefficient (Wildman–Crippen LogP) is 3.90. The molecule has 1 amide bonds. The highest BCUT2D eigenvalue weighted by molar-refractivity contribution is 7.73. The van der Waals surface area contributed by atoms with Gasteiger partial charge in [-0.1, -0.05) is 41.7 Å². The molecule has 0 radical (unpaired) electrons. The molecule has 2 heterocycles. The minimum atomic E-state index is -0.437. The van der Waals surface area contributed by atoms with Gasteiger partial charge in [-0.2, -0.15) is 4.68 Å². The highest BCUT2D eigenvalue weighted by Gasteiger charge is 2.20. The second kappa shape index (κ2) is 7.34. The van der Waals surface area contributed by atoms with Crippen molar-refractivity contribution in [1.29, 1.82) is 0 Å². The topological polar surface area (TPSA) is 84.2 Å². The first-order valence-corrected chi connectivity index (χ1v) is 9.47. The molecule has 0 fully saturated rings. The summed E-state index contributed by atoms with van der Waals surface area (Å²) >= 11 is 6.37. The van der Waals surface area contributed by atoms with Crippen LogP contribution >= 0.6 is 23.6 Å². The van der Waals surface area contributed by atoms with Gasteiger partial charge in [0.15, 0.2) is 9.74 Å². The third-order valence-corrected chi connectivity index (χ3v) is 5.48. The van der Waals surface area contributed by atoms with Crippen molar-refractivity contribution in [2.45, 2.75) is 0 Å². The number of carbonyl (C=O) groups excluding carboxylic acids is 2. The number of nitrogens with zero attached hydrogens (tertiary/aromatic N) is 2. The quantitative estimate of drug-likeness (QED) is 0.508. The number of ketones is 1. The first-order valence-electron chi connectivity index (χ1n) is 8.24. The zero-order valence-corrected chi connectivity index (χ0v) is 16.0. The second-order valence-corrected chi connectivity index (χ2v) is 7.59. The minimum absolute atomic E-state index is 0.162. The van der Waals surface area contributed by atoms with Crippen molar-refractivity contribution < 1.29 is 14.7 Å². The maximum Gasteiger partial charge on any atom is 0.270 e. The van der Waals surface area contributed by atoms with E-state index in [4.69, 9.17) is 12.2 Å². The van der Waals surface area contributed by atoms with E-state index in [0.717, 1.165) is 27.1 Å². The van der Waals surface area contributed by atoms with Gasteiger partial charge in [0.1, 0.15) is 0 Å². The standard InChI is InChI=1S/C20H13N3O3S2/c24-16-6-5-12-3-1-2-4-14(12)15(16)11-17-19(26)23(20(27)28-17)22-18(25)13-7-9-21-10-8-13/h1-11,26H,(H,22,25). The smallest absolute Gasteiger partial charge is 0.270 e. The van der Waals surface area contributed by atoms with Crippen molar-refractivity contribution in [3.63, 3.8) is 0 Å². The number of thiazole rings is 1.